The van der Waals surface area contributed by atoms with Gasteiger partial charge < -0.3 is 10.1 Å². The monoisotopic (exact) mass is 427 g/mol. The first-order valence-corrected chi connectivity index (χ1v) is 10.3. The molecule has 0 unspecified atom stereocenters. The number of halogens is 1. The zero-order valence-corrected chi connectivity index (χ0v) is 16.4. The molecule has 0 aromatic heterocycles. The molecule has 2 aromatic rings. The molecule has 0 aliphatic carbocycles. The Hall–Kier alpha value is -2.85. The number of anilines is 1. The quantitative estimate of drug-likeness (QED) is 0.372. The van der Waals surface area contributed by atoms with Crippen molar-refractivity contribution in [3.63, 3.8) is 0 Å². The number of nitrogens with one attached hydrogen (secondary N) is 1. The highest BCUT2D eigenvalue weighted by Gasteiger charge is 2.22. The maximum atomic E-state index is 12.1. The summed E-state index contributed by atoms with van der Waals surface area (Å²) in [7, 11) is -3.83. The smallest absolute Gasteiger partial charge is 0.271 e. The van der Waals surface area contributed by atoms with Crippen LogP contribution >= 0.6 is 11.6 Å². The third kappa shape index (κ3) is 6.39. The number of carbonyl (C=O) groups excluding carboxylic acids is 1. The highest BCUT2D eigenvalue weighted by Crippen LogP contribution is 2.23. The van der Waals surface area contributed by atoms with E-state index >= 15 is 0 Å². The molecule has 0 radical (unpaired) electrons. The van der Waals surface area contributed by atoms with Gasteiger partial charge in [-0.3, -0.25) is 19.2 Å². The van der Waals surface area contributed by atoms with Crippen molar-refractivity contribution in [2.24, 2.45) is 0 Å². The molecule has 0 spiro atoms. The average molecular weight is 428 g/mol. The standard InChI is InChI=1S/C17H18ClN3O6S/c1-28(25,26)20(14-3-2-4-15(11-14)21(23)24)12-17(22)19-9-10-27-16-7-5-13(18)6-8-16/h2-8,11H,9-10,12H2,1H3,(H,19,22). The van der Waals surface area contributed by atoms with E-state index in [1.807, 2.05) is 0 Å². The topological polar surface area (TPSA) is 119 Å². The van der Waals surface area contributed by atoms with Crippen LogP contribution in [0.2, 0.25) is 5.02 Å². The maximum absolute atomic E-state index is 12.1. The van der Waals surface area contributed by atoms with E-state index in [1.54, 1.807) is 24.3 Å². The van der Waals surface area contributed by atoms with Gasteiger partial charge in [0.05, 0.1) is 23.4 Å². The molecule has 0 fully saturated rings. The van der Waals surface area contributed by atoms with Crippen molar-refractivity contribution in [3.05, 3.63) is 63.7 Å². The summed E-state index contributed by atoms with van der Waals surface area (Å²) in [5, 5.41) is 14.0. The zero-order chi connectivity index (χ0) is 20.7. The van der Waals surface area contributed by atoms with Crippen LogP contribution in [-0.4, -0.2) is 45.2 Å². The normalized spacial score (nSPS) is 10.9. The van der Waals surface area contributed by atoms with Gasteiger partial charge in [0.25, 0.3) is 5.69 Å². The molecule has 1 N–H and O–H groups in total. The molecule has 28 heavy (non-hydrogen) atoms. The van der Waals surface area contributed by atoms with E-state index in [9.17, 15) is 23.3 Å². The summed E-state index contributed by atoms with van der Waals surface area (Å²) in [4.78, 5) is 22.4. The Bertz CT molecular complexity index is 950. The number of ether oxygens (including phenoxy) is 1. The molecular formula is C17H18ClN3O6S. The fourth-order valence-electron chi connectivity index (χ4n) is 2.24. The van der Waals surface area contributed by atoms with E-state index in [0.29, 0.717) is 10.8 Å². The van der Waals surface area contributed by atoms with E-state index in [2.05, 4.69) is 5.32 Å². The Balaban J connectivity index is 1.95. The number of hydrogen-bond donors (Lipinski definition) is 1. The fourth-order valence-corrected chi connectivity index (χ4v) is 3.21. The average Bonchev–Trinajstić information content (AvgIpc) is 2.64. The Morgan fingerprint density at radius 3 is 2.54 bits per heavy atom. The highest BCUT2D eigenvalue weighted by atomic mass is 35.5. The van der Waals surface area contributed by atoms with Gasteiger partial charge in [-0.05, 0) is 30.3 Å². The van der Waals surface area contributed by atoms with Crippen LogP contribution in [0.15, 0.2) is 48.5 Å². The molecule has 150 valence electrons. The van der Waals surface area contributed by atoms with Gasteiger partial charge in [0.1, 0.15) is 18.9 Å². The number of nitrogens with zero attached hydrogens (tertiary/aromatic N) is 2. The number of nitro groups is 1. The van der Waals surface area contributed by atoms with Gasteiger partial charge >= 0.3 is 0 Å². The summed E-state index contributed by atoms with van der Waals surface area (Å²) in [6.45, 7) is -0.196. The van der Waals surface area contributed by atoms with Crippen molar-refractivity contribution in [2.75, 3.05) is 30.3 Å². The van der Waals surface area contributed by atoms with Crippen molar-refractivity contribution < 1.29 is 22.9 Å². The second-order valence-electron chi connectivity index (χ2n) is 5.70. The third-order valence-corrected chi connectivity index (χ3v) is 4.92. The Labute approximate surface area is 167 Å². The van der Waals surface area contributed by atoms with Crippen LogP contribution in [0.5, 0.6) is 5.75 Å². The number of non-ortho nitro benzene ring substituents is 1. The molecule has 0 bridgehead atoms. The van der Waals surface area contributed by atoms with Crippen LogP contribution in [-0.2, 0) is 14.8 Å². The molecular weight excluding hydrogens is 410 g/mol. The Kier molecular flexibility index (Phi) is 7.18. The first-order valence-electron chi connectivity index (χ1n) is 8.04. The first kappa shape index (κ1) is 21.5. The highest BCUT2D eigenvalue weighted by molar-refractivity contribution is 7.92. The summed E-state index contributed by atoms with van der Waals surface area (Å²) < 4.78 is 30.3. The van der Waals surface area contributed by atoms with Gasteiger partial charge in [0.2, 0.25) is 15.9 Å². The maximum Gasteiger partial charge on any atom is 0.271 e. The lowest BCUT2D eigenvalue weighted by atomic mass is 10.3. The van der Waals surface area contributed by atoms with Gasteiger partial charge in [-0.1, -0.05) is 17.7 Å². The summed E-state index contributed by atoms with van der Waals surface area (Å²) in [6.07, 6.45) is 0.919. The molecule has 0 atom stereocenters. The lowest BCUT2D eigenvalue weighted by molar-refractivity contribution is -0.384. The number of nitro benzene ring substituents is 1. The van der Waals surface area contributed by atoms with Crippen LogP contribution in [0.3, 0.4) is 0 Å². The van der Waals surface area contributed by atoms with Crippen LogP contribution in [0.1, 0.15) is 0 Å². The van der Waals surface area contributed by atoms with E-state index in [1.165, 1.54) is 18.2 Å². The molecule has 2 aromatic carbocycles. The number of benzene rings is 2. The largest absolute Gasteiger partial charge is 0.492 e. The zero-order valence-electron chi connectivity index (χ0n) is 14.9. The number of hydrogen-bond acceptors (Lipinski definition) is 6. The molecule has 0 saturated heterocycles. The predicted octanol–water partition coefficient (Wildman–Crippen LogP) is 2.21. The van der Waals surface area contributed by atoms with Gasteiger partial charge in [-0.2, -0.15) is 0 Å². The minimum atomic E-state index is -3.83. The lowest BCUT2D eigenvalue weighted by Crippen LogP contribution is -2.41. The molecule has 0 aliphatic rings. The molecule has 0 aliphatic heterocycles. The van der Waals surface area contributed by atoms with Crippen molar-refractivity contribution in [3.8, 4) is 5.75 Å². The first-order chi connectivity index (χ1) is 13.2. The number of sulfonamides is 1. The lowest BCUT2D eigenvalue weighted by Gasteiger charge is -2.21. The van der Waals surface area contributed by atoms with E-state index in [4.69, 9.17) is 16.3 Å². The summed E-state index contributed by atoms with van der Waals surface area (Å²) in [6, 6.07) is 11.7. The van der Waals surface area contributed by atoms with Crippen LogP contribution in [0.4, 0.5) is 11.4 Å². The minimum Gasteiger partial charge on any atom is -0.492 e. The van der Waals surface area contributed by atoms with Crippen LogP contribution in [0, 0.1) is 10.1 Å². The van der Waals surface area contributed by atoms with E-state index in [0.717, 1.165) is 16.6 Å². The van der Waals surface area contributed by atoms with Crippen molar-refractivity contribution in [2.45, 2.75) is 0 Å². The van der Waals surface area contributed by atoms with E-state index < -0.39 is 27.4 Å². The molecule has 11 heteroatoms. The molecule has 0 saturated carbocycles. The Morgan fingerprint density at radius 1 is 1.25 bits per heavy atom. The van der Waals surface area contributed by atoms with Crippen molar-refractivity contribution in [1.82, 2.24) is 5.32 Å². The molecule has 1 amide bonds. The van der Waals surface area contributed by atoms with Crippen LogP contribution < -0.4 is 14.4 Å². The van der Waals surface area contributed by atoms with Gasteiger partial charge in [0, 0.05) is 17.2 Å². The van der Waals surface area contributed by atoms with Crippen LogP contribution in [0.25, 0.3) is 0 Å². The number of rotatable bonds is 9. The van der Waals surface area contributed by atoms with Gasteiger partial charge in [-0.25, -0.2) is 8.42 Å². The van der Waals surface area contributed by atoms with Gasteiger partial charge in [-0.15, -0.1) is 0 Å². The molecule has 2 rings (SSSR count). The second-order valence-corrected chi connectivity index (χ2v) is 8.04. The molecule has 9 nitrogen and oxygen atoms in total. The van der Waals surface area contributed by atoms with Crippen molar-refractivity contribution >= 4 is 38.9 Å². The fraction of sp³-hybridized carbons (Fsp3) is 0.235. The summed E-state index contributed by atoms with van der Waals surface area (Å²) >= 11 is 5.77. The third-order valence-electron chi connectivity index (χ3n) is 3.52. The van der Waals surface area contributed by atoms with Crippen molar-refractivity contribution in [1.29, 1.82) is 0 Å². The van der Waals surface area contributed by atoms with Gasteiger partial charge in [0.15, 0.2) is 0 Å². The summed E-state index contributed by atoms with van der Waals surface area (Å²) in [5.74, 6) is 0.00430. The number of carbonyl (C=O) groups is 1. The Morgan fingerprint density at radius 2 is 1.93 bits per heavy atom. The SMILES string of the molecule is CS(=O)(=O)N(CC(=O)NCCOc1ccc(Cl)cc1)c1cccc([N+](=O)[O-])c1. The minimum absolute atomic E-state index is 0.0317. The second kappa shape index (κ2) is 9.38. The predicted molar refractivity (Wildman–Crippen MR) is 105 cm³/mol. The molecule has 0 heterocycles. The summed E-state index contributed by atoms with van der Waals surface area (Å²) in [5.41, 5.74) is -0.243. The van der Waals surface area contributed by atoms with E-state index in [-0.39, 0.29) is 24.5 Å². The number of amides is 1.